The van der Waals surface area contributed by atoms with Crippen LogP contribution in [0.25, 0.3) is 11.0 Å². The number of hydrogen-bond donors (Lipinski definition) is 0. The summed E-state index contributed by atoms with van der Waals surface area (Å²) in [4.78, 5) is 12.7. The smallest absolute Gasteiger partial charge is 0.345 e. The molecule has 5 rings (SSSR count). The second-order valence-corrected chi connectivity index (χ2v) is 7.88. The Morgan fingerprint density at radius 2 is 1.60 bits per heavy atom. The van der Waals surface area contributed by atoms with Crippen molar-refractivity contribution in [3.63, 3.8) is 0 Å². The van der Waals surface area contributed by atoms with Gasteiger partial charge in [-0.1, -0.05) is 65.7 Å². The summed E-state index contributed by atoms with van der Waals surface area (Å²) in [7, 11) is 0. The maximum Gasteiger partial charge on any atom is 0.345 e. The minimum absolute atomic E-state index is 0.241. The molecule has 0 N–H and O–H groups in total. The first kappa shape index (κ1) is 18.9. The number of nitrogens with zero attached hydrogens (tertiary/aromatic N) is 2. The number of halogens is 2. The molecule has 0 spiro atoms. The van der Waals surface area contributed by atoms with Gasteiger partial charge in [-0.3, -0.25) is 5.01 Å². The average molecular weight is 435 g/mol. The standard InChI is InChI=1S/C24H16Cl2N2O2/c25-18-10-6-11-19(26)23(18)21-14-20(27-28(21)16-8-2-1-3-9-16)17-13-15-7-4-5-12-22(15)30-24(17)29/h1-13,21H,14H2/t21-/m0/s1. The van der Waals surface area contributed by atoms with Crippen molar-refractivity contribution in [3.05, 3.63) is 110 Å². The summed E-state index contributed by atoms with van der Waals surface area (Å²) in [6.07, 6.45) is 0.474. The van der Waals surface area contributed by atoms with Crippen molar-refractivity contribution < 1.29 is 4.42 Å². The summed E-state index contributed by atoms with van der Waals surface area (Å²) in [6, 6.07) is 24.2. The van der Waals surface area contributed by atoms with Crippen molar-refractivity contribution in [2.45, 2.75) is 12.5 Å². The van der Waals surface area contributed by atoms with Crippen LogP contribution < -0.4 is 10.6 Å². The van der Waals surface area contributed by atoms with E-state index in [2.05, 4.69) is 0 Å². The molecule has 0 unspecified atom stereocenters. The second-order valence-electron chi connectivity index (χ2n) is 7.07. The van der Waals surface area contributed by atoms with Gasteiger partial charge in [-0.05, 0) is 36.4 Å². The van der Waals surface area contributed by atoms with Crippen LogP contribution in [0.2, 0.25) is 10.0 Å². The summed E-state index contributed by atoms with van der Waals surface area (Å²) in [5.74, 6) is 0. The summed E-state index contributed by atoms with van der Waals surface area (Å²) in [5, 5.41) is 8.66. The van der Waals surface area contributed by atoms with E-state index in [0.29, 0.717) is 33.3 Å². The molecule has 4 aromatic rings. The van der Waals surface area contributed by atoms with Gasteiger partial charge in [0.2, 0.25) is 0 Å². The fraction of sp³-hybridized carbons (Fsp3) is 0.0833. The van der Waals surface area contributed by atoms with Gasteiger partial charge in [-0.25, -0.2) is 4.79 Å². The van der Waals surface area contributed by atoms with Crippen LogP contribution in [-0.4, -0.2) is 5.71 Å². The van der Waals surface area contributed by atoms with Crippen LogP contribution in [0.3, 0.4) is 0 Å². The van der Waals surface area contributed by atoms with Gasteiger partial charge in [0.05, 0.1) is 23.0 Å². The SMILES string of the molecule is O=c1oc2ccccc2cc1C1=NN(c2ccccc2)[C@H](c2c(Cl)cccc2Cl)C1. The van der Waals surface area contributed by atoms with Crippen molar-refractivity contribution in [1.82, 2.24) is 0 Å². The fourth-order valence-corrected chi connectivity index (χ4v) is 4.46. The molecule has 3 aromatic carbocycles. The van der Waals surface area contributed by atoms with Gasteiger partial charge in [-0.15, -0.1) is 0 Å². The molecule has 6 heteroatoms. The third-order valence-electron chi connectivity index (χ3n) is 5.22. The lowest BCUT2D eigenvalue weighted by atomic mass is 9.98. The van der Waals surface area contributed by atoms with Crippen molar-refractivity contribution in [2.75, 3.05) is 5.01 Å². The minimum atomic E-state index is -0.411. The number of anilines is 1. The van der Waals surface area contributed by atoms with E-state index in [1.807, 2.05) is 77.8 Å². The monoisotopic (exact) mass is 434 g/mol. The van der Waals surface area contributed by atoms with Crippen LogP contribution in [0.1, 0.15) is 23.6 Å². The Bertz CT molecular complexity index is 1310. The van der Waals surface area contributed by atoms with Gasteiger partial charge in [0.25, 0.3) is 0 Å². The van der Waals surface area contributed by atoms with Gasteiger partial charge >= 0.3 is 5.63 Å². The van der Waals surface area contributed by atoms with Crippen LogP contribution in [0.5, 0.6) is 0 Å². The lowest BCUT2D eigenvalue weighted by Crippen LogP contribution is -2.19. The minimum Gasteiger partial charge on any atom is -0.422 e. The second kappa shape index (κ2) is 7.63. The fourth-order valence-electron chi connectivity index (χ4n) is 3.81. The molecule has 1 aliphatic rings. The van der Waals surface area contributed by atoms with E-state index in [9.17, 15) is 4.79 Å². The van der Waals surface area contributed by atoms with Gasteiger partial charge in [0.15, 0.2) is 0 Å². The molecule has 1 aromatic heterocycles. The molecule has 0 saturated heterocycles. The van der Waals surface area contributed by atoms with E-state index in [-0.39, 0.29) is 6.04 Å². The number of fused-ring (bicyclic) bond motifs is 1. The predicted molar refractivity (Wildman–Crippen MR) is 122 cm³/mol. The first-order chi connectivity index (χ1) is 14.6. The van der Waals surface area contributed by atoms with Crippen molar-refractivity contribution in [1.29, 1.82) is 0 Å². The van der Waals surface area contributed by atoms with E-state index < -0.39 is 5.63 Å². The van der Waals surface area contributed by atoms with Gasteiger partial charge in [-0.2, -0.15) is 5.10 Å². The van der Waals surface area contributed by atoms with Crippen LogP contribution in [-0.2, 0) is 0 Å². The Hall–Kier alpha value is -3.08. The molecule has 30 heavy (non-hydrogen) atoms. The molecular weight excluding hydrogens is 419 g/mol. The quantitative estimate of drug-likeness (QED) is 0.347. The number of hydrazone groups is 1. The van der Waals surface area contributed by atoms with Crippen LogP contribution in [0, 0.1) is 0 Å². The summed E-state index contributed by atoms with van der Waals surface area (Å²) < 4.78 is 5.53. The number of hydrogen-bond acceptors (Lipinski definition) is 4. The van der Waals surface area contributed by atoms with Gasteiger partial charge in [0.1, 0.15) is 5.58 Å². The predicted octanol–water partition coefficient (Wildman–Crippen LogP) is 6.46. The molecule has 1 aliphatic heterocycles. The largest absolute Gasteiger partial charge is 0.422 e. The molecule has 0 fully saturated rings. The van der Waals surface area contributed by atoms with Crippen LogP contribution >= 0.6 is 23.2 Å². The normalized spacial score (nSPS) is 16.1. The molecule has 4 nitrogen and oxygen atoms in total. The van der Waals surface area contributed by atoms with Crippen LogP contribution in [0.15, 0.2) is 93.2 Å². The van der Waals surface area contributed by atoms with Gasteiger partial charge < -0.3 is 4.42 Å². The van der Waals surface area contributed by atoms with Crippen molar-refractivity contribution in [3.8, 4) is 0 Å². The highest BCUT2D eigenvalue weighted by atomic mass is 35.5. The maximum atomic E-state index is 12.7. The Balaban J connectivity index is 1.66. The topological polar surface area (TPSA) is 45.8 Å². The molecule has 0 amide bonds. The van der Waals surface area contributed by atoms with E-state index in [1.165, 1.54) is 0 Å². The number of rotatable bonds is 3. The average Bonchev–Trinajstić information content (AvgIpc) is 3.18. The summed E-state index contributed by atoms with van der Waals surface area (Å²) in [5.41, 5.74) is 2.90. The van der Waals surface area contributed by atoms with Crippen molar-refractivity contribution in [2.24, 2.45) is 5.10 Å². The Kier molecular flexibility index (Phi) is 4.81. The zero-order chi connectivity index (χ0) is 20.7. The highest BCUT2D eigenvalue weighted by Gasteiger charge is 2.34. The molecule has 0 bridgehead atoms. The first-order valence-corrected chi connectivity index (χ1v) is 10.3. The molecule has 2 heterocycles. The van der Waals surface area contributed by atoms with E-state index in [0.717, 1.165) is 16.6 Å². The van der Waals surface area contributed by atoms with E-state index >= 15 is 0 Å². The molecule has 0 aliphatic carbocycles. The number of benzene rings is 3. The van der Waals surface area contributed by atoms with Crippen LogP contribution in [0.4, 0.5) is 5.69 Å². The maximum absolute atomic E-state index is 12.7. The van der Waals surface area contributed by atoms with Gasteiger partial charge in [0, 0.05) is 27.4 Å². The lowest BCUT2D eigenvalue weighted by molar-refractivity contribution is 0.559. The molecule has 1 atom stereocenters. The Morgan fingerprint density at radius 1 is 0.900 bits per heavy atom. The summed E-state index contributed by atoms with van der Waals surface area (Å²) in [6.45, 7) is 0. The van der Waals surface area contributed by atoms with E-state index in [1.54, 1.807) is 6.07 Å². The zero-order valence-electron chi connectivity index (χ0n) is 15.8. The molecule has 148 valence electrons. The Morgan fingerprint density at radius 3 is 2.37 bits per heavy atom. The van der Waals surface area contributed by atoms with E-state index in [4.69, 9.17) is 32.7 Å². The zero-order valence-corrected chi connectivity index (χ0v) is 17.3. The molecule has 0 saturated carbocycles. The summed E-state index contributed by atoms with van der Waals surface area (Å²) >= 11 is 13.0. The molecular formula is C24H16Cl2N2O2. The third-order valence-corrected chi connectivity index (χ3v) is 5.88. The number of para-hydroxylation sites is 2. The Labute approximate surface area is 183 Å². The third kappa shape index (κ3) is 3.28. The molecule has 0 radical (unpaired) electrons. The first-order valence-electron chi connectivity index (χ1n) is 9.51. The van der Waals surface area contributed by atoms with Crippen molar-refractivity contribution >= 4 is 45.6 Å². The highest BCUT2D eigenvalue weighted by Crippen LogP contribution is 2.42. The highest BCUT2D eigenvalue weighted by molar-refractivity contribution is 6.36. The lowest BCUT2D eigenvalue weighted by Gasteiger charge is -2.25.